The number of nitrogens with one attached hydrogen (secondary N) is 1. The molecule has 2 aliphatic heterocycles. The summed E-state index contributed by atoms with van der Waals surface area (Å²) >= 11 is 0. The molecule has 2 fully saturated rings. The maximum Gasteiger partial charge on any atom is 0.253 e. The molecule has 2 heterocycles. The monoisotopic (exact) mass is 550 g/mol. The molecule has 41 heavy (non-hydrogen) atoms. The Morgan fingerprint density at radius 1 is 0.829 bits per heavy atom. The van der Waals surface area contributed by atoms with Crippen LogP contribution in [0.2, 0.25) is 0 Å². The average molecular weight is 551 g/mol. The van der Waals surface area contributed by atoms with Gasteiger partial charge in [0, 0.05) is 30.9 Å². The summed E-state index contributed by atoms with van der Waals surface area (Å²) in [5, 5.41) is 4.94. The smallest absolute Gasteiger partial charge is 0.253 e. The third-order valence-electron chi connectivity index (χ3n) is 8.19. The molecule has 4 aromatic rings. The number of rotatable bonds is 6. The van der Waals surface area contributed by atoms with Crippen LogP contribution in [0.4, 0.5) is 10.1 Å². The highest BCUT2D eigenvalue weighted by Gasteiger charge is 2.54. The predicted molar refractivity (Wildman–Crippen MR) is 156 cm³/mol. The Labute approximate surface area is 238 Å². The van der Waals surface area contributed by atoms with Crippen LogP contribution in [0.15, 0.2) is 97.1 Å². The second-order valence-electron chi connectivity index (χ2n) is 10.7. The summed E-state index contributed by atoms with van der Waals surface area (Å²) in [6.45, 7) is 1.33. The highest BCUT2D eigenvalue weighted by atomic mass is 19.1. The highest BCUT2D eigenvalue weighted by Crippen LogP contribution is 2.39. The van der Waals surface area contributed by atoms with Crippen molar-refractivity contribution in [2.75, 3.05) is 31.2 Å². The van der Waals surface area contributed by atoms with Crippen molar-refractivity contribution in [2.24, 2.45) is 0 Å². The number of para-hydroxylation sites is 1. The highest BCUT2D eigenvalue weighted by molar-refractivity contribution is 6.00. The molecule has 2 saturated heterocycles. The van der Waals surface area contributed by atoms with E-state index in [0.717, 1.165) is 22.0 Å². The number of hydrogen-bond donors (Lipinski definition) is 1. The zero-order valence-electron chi connectivity index (χ0n) is 22.6. The Balaban J connectivity index is 1.17. The van der Waals surface area contributed by atoms with E-state index in [1.807, 2.05) is 77.7 Å². The van der Waals surface area contributed by atoms with Crippen molar-refractivity contribution >= 4 is 34.2 Å². The molecule has 6 rings (SSSR count). The molecule has 0 saturated carbocycles. The molecule has 0 aliphatic carbocycles. The standard InChI is InChI=1S/C33H31FN4O3/c34-28-14-10-24(11-15-28)21-35-30(39)22-37-23-38(29-8-2-1-3-9-29)33(32(37)41)16-18-36(19-17-33)31(40)27-13-12-25-6-4-5-7-26(25)20-27/h1-15,20H,16-19,21-23H2,(H,35,39). The van der Waals surface area contributed by atoms with Gasteiger partial charge in [0.15, 0.2) is 0 Å². The molecular formula is C33H31FN4O3. The molecule has 0 aromatic heterocycles. The third kappa shape index (κ3) is 5.25. The maximum atomic E-state index is 14.0. The largest absolute Gasteiger partial charge is 0.350 e. The number of likely N-dealkylation sites (tertiary alicyclic amines) is 1. The van der Waals surface area contributed by atoms with Gasteiger partial charge in [-0.3, -0.25) is 14.4 Å². The molecule has 0 radical (unpaired) electrons. The van der Waals surface area contributed by atoms with Gasteiger partial charge in [0.2, 0.25) is 5.91 Å². The molecule has 0 bridgehead atoms. The Morgan fingerprint density at radius 3 is 2.24 bits per heavy atom. The fourth-order valence-corrected chi connectivity index (χ4v) is 5.94. The molecule has 4 aromatic carbocycles. The number of nitrogens with zero attached hydrogens (tertiary/aromatic N) is 3. The quantitative estimate of drug-likeness (QED) is 0.382. The second kappa shape index (κ2) is 11.0. The van der Waals surface area contributed by atoms with E-state index in [-0.39, 0.29) is 43.3 Å². The van der Waals surface area contributed by atoms with Crippen LogP contribution < -0.4 is 10.2 Å². The summed E-state index contributed by atoms with van der Waals surface area (Å²) in [5.41, 5.74) is 1.48. The fourth-order valence-electron chi connectivity index (χ4n) is 5.94. The first-order chi connectivity index (χ1) is 19.9. The van der Waals surface area contributed by atoms with Crippen molar-refractivity contribution in [3.8, 4) is 0 Å². The van der Waals surface area contributed by atoms with E-state index in [1.165, 1.54) is 12.1 Å². The number of amides is 3. The minimum atomic E-state index is -0.835. The molecule has 0 atom stereocenters. The first-order valence-electron chi connectivity index (χ1n) is 13.8. The van der Waals surface area contributed by atoms with E-state index >= 15 is 0 Å². The lowest BCUT2D eigenvalue weighted by Crippen LogP contribution is -2.57. The Morgan fingerprint density at radius 2 is 1.51 bits per heavy atom. The van der Waals surface area contributed by atoms with Gasteiger partial charge >= 0.3 is 0 Å². The van der Waals surface area contributed by atoms with E-state index < -0.39 is 5.54 Å². The zero-order valence-corrected chi connectivity index (χ0v) is 22.6. The van der Waals surface area contributed by atoms with Gasteiger partial charge in [-0.2, -0.15) is 0 Å². The van der Waals surface area contributed by atoms with Crippen molar-refractivity contribution in [1.29, 1.82) is 0 Å². The van der Waals surface area contributed by atoms with Crippen LogP contribution in [0.25, 0.3) is 10.8 Å². The van der Waals surface area contributed by atoms with E-state index in [1.54, 1.807) is 17.0 Å². The molecule has 208 valence electrons. The topological polar surface area (TPSA) is 73.0 Å². The van der Waals surface area contributed by atoms with Gasteiger partial charge < -0.3 is 20.0 Å². The number of carbonyl (C=O) groups is 3. The van der Waals surface area contributed by atoms with Crippen LogP contribution in [0.1, 0.15) is 28.8 Å². The van der Waals surface area contributed by atoms with Gasteiger partial charge in [-0.15, -0.1) is 0 Å². The van der Waals surface area contributed by atoms with Crippen molar-refractivity contribution in [1.82, 2.24) is 15.1 Å². The number of carbonyl (C=O) groups excluding carboxylic acids is 3. The first-order valence-corrected chi connectivity index (χ1v) is 13.8. The number of hydrogen-bond acceptors (Lipinski definition) is 4. The summed E-state index contributed by atoms with van der Waals surface area (Å²) in [5.74, 6) is -0.758. The summed E-state index contributed by atoms with van der Waals surface area (Å²) in [4.78, 5) is 45.7. The molecule has 8 heteroatoms. The second-order valence-corrected chi connectivity index (χ2v) is 10.7. The number of piperidine rings is 1. The van der Waals surface area contributed by atoms with Gasteiger partial charge in [0.05, 0.1) is 6.67 Å². The molecule has 7 nitrogen and oxygen atoms in total. The third-order valence-corrected chi connectivity index (χ3v) is 8.19. The summed E-state index contributed by atoms with van der Waals surface area (Å²) in [6, 6.07) is 29.4. The fraction of sp³-hybridized carbons (Fsp3) is 0.242. The van der Waals surface area contributed by atoms with Crippen LogP contribution in [0.5, 0.6) is 0 Å². The average Bonchev–Trinajstić information content (AvgIpc) is 3.27. The Hall–Kier alpha value is -4.72. The molecular weight excluding hydrogens is 519 g/mol. The van der Waals surface area contributed by atoms with Crippen molar-refractivity contribution in [3.63, 3.8) is 0 Å². The van der Waals surface area contributed by atoms with Gasteiger partial charge in [-0.1, -0.05) is 60.7 Å². The van der Waals surface area contributed by atoms with E-state index in [9.17, 15) is 18.8 Å². The van der Waals surface area contributed by atoms with E-state index in [2.05, 4.69) is 10.2 Å². The molecule has 2 aliphatic rings. The van der Waals surface area contributed by atoms with Crippen molar-refractivity contribution in [3.05, 3.63) is 114 Å². The number of benzene rings is 4. The van der Waals surface area contributed by atoms with Crippen LogP contribution in [0.3, 0.4) is 0 Å². The molecule has 3 amide bonds. The lowest BCUT2D eigenvalue weighted by atomic mass is 9.85. The van der Waals surface area contributed by atoms with Crippen LogP contribution >= 0.6 is 0 Å². The van der Waals surface area contributed by atoms with Crippen LogP contribution in [0, 0.1) is 5.82 Å². The minimum Gasteiger partial charge on any atom is -0.350 e. The molecule has 1 N–H and O–H groups in total. The SMILES string of the molecule is O=C(CN1CN(c2ccccc2)C2(CCN(C(=O)c3ccc4ccccc4c3)CC2)C1=O)NCc1ccc(F)cc1. The molecule has 1 spiro atoms. The number of halogens is 1. The summed E-state index contributed by atoms with van der Waals surface area (Å²) < 4.78 is 13.2. The zero-order chi connectivity index (χ0) is 28.4. The minimum absolute atomic E-state index is 0.0423. The van der Waals surface area contributed by atoms with Gasteiger partial charge in [0.25, 0.3) is 11.8 Å². The number of anilines is 1. The molecule has 0 unspecified atom stereocenters. The van der Waals surface area contributed by atoms with Crippen molar-refractivity contribution in [2.45, 2.75) is 24.9 Å². The van der Waals surface area contributed by atoms with Gasteiger partial charge in [-0.05, 0) is 65.6 Å². The number of fused-ring (bicyclic) bond motifs is 1. The Bertz CT molecular complexity index is 1580. The van der Waals surface area contributed by atoms with E-state index in [4.69, 9.17) is 0 Å². The lowest BCUT2D eigenvalue weighted by molar-refractivity contribution is -0.137. The van der Waals surface area contributed by atoms with Crippen LogP contribution in [-0.2, 0) is 16.1 Å². The van der Waals surface area contributed by atoms with Gasteiger partial charge in [-0.25, -0.2) is 4.39 Å². The maximum absolute atomic E-state index is 14.0. The van der Waals surface area contributed by atoms with Crippen molar-refractivity contribution < 1.29 is 18.8 Å². The first kappa shape index (κ1) is 26.5. The normalized spacial score (nSPS) is 16.4. The lowest BCUT2D eigenvalue weighted by Gasteiger charge is -2.43. The van der Waals surface area contributed by atoms with Gasteiger partial charge in [0.1, 0.15) is 17.9 Å². The van der Waals surface area contributed by atoms with E-state index in [0.29, 0.717) is 31.5 Å². The summed E-state index contributed by atoms with van der Waals surface area (Å²) in [6.07, 6.45) is 0.932. The van der Waals surface area contributed by atoms with Crippen LogP contribution in [-0.4, -0.2) is 59.4 Å². The predicted octanol–water partition coefficient (Wildman–Crippen LogP) is 4.58. The summed E-state index contributed by atoms with van der Waals surface area (Å²) in [7, 11) is 0. The Kier molecular flexibility index (Phi) is 7.14.